The average Bonchev–Trinajstić information content (AvgIpc) is 2.32. The van der Waals surface area contributed by atoms with E-state index < -0.39 is 8.24 Å². The Kier molecular flexibility index (Phi) is 2.57. The normalized spacial score (nSPS) is 15.5. The van der Waals surface area contributed by atoms with Crippen LogP contribution in [-0.4, -0.2) is 8.24 Å². The van der Waals surface area contributed by atoms with Crippen molar-refractivity contribution in [2.75, 3.05) is 0 Å². The minimum absolute atomic E-state index is 1.16. The van der Waals surface area contributed by atoms with E-state index in [1.165, 1.54) is 11.3 Å². The number of rotatable bonds is 2. The lowest BCUT2D eigenvalue weighted by atomic mass is 10.2. The average molecular weight is 179 g/mol. The molecular formula is C10H17NSi. The standard InChI is InChI=1S/C10H17NSi/c1-9(11-12(2,3)4)10-7-5-6-8-10/h5-8,11H,1-4H3. The molecule has 0 spiro atoms. The lowest BCUT2D eigenvalue weighted by molar-refractivity contribution is 1.09. The molecule has 1 N–H and O–H groups in total. The Morgan fingerprint density at radius 2 is 1.67 bits per heavy atom. The van der Waals surface area contributed by atoms with Crippen molar-refractivity contribution < 1.29 is 0 Å². The van der Waals surface area contributed by atoms with Gasteiger partial charge in [0.15, 0.2) is 0 Å². The van der Waals surface area contributed by atoms with E-state index in [4.69, 9.17) is 0 Å². The molecule has 1 aliphatic carbocycles. The smallest absolute Gasteiger partial charge is 0.143 e. The molecule has 1 rings (SSSR count). The van der Waals surface area contributed by atoms with Crippen molar-refractivity contribution in [3.05, 3.63) is 35.6 Å². The van der Waals surface area contributed by atoms with E-state index in [1.807, 2.05) is 0 Å². The molecule has 0 aliphatic heterocycles. The van der Waals surface area contributed by atoms with Crippen LogP contribution in [0.15, 0.2) is 35.6 Å². The zero-order valence-electron chi connectivity index (χ0n) is 8.31. The van der Waals surface area contributed by atoms with E-state index in [-0.39, 0.29) is 0 Å². The van der Waals surface area contributed by atoms with Crippen LogP contribution in [0, 0.1) is 0 Å². The van der Waals surface area contributed by atoms with E-state index in [0.717, 1.165) is 0 Å². The van der Waals surface area contributed by atoms with Gasteiger partial charge in [0.05, 0.1) is 0 Å². The molecule has 0 atom stereocenters. The lowest BCUT2D eigenvalue weighted by Crippen LogP contribution is -2.40. The molecule has 0 saturated heterocycles. The SMILES string of the molecule is CC(N[Si](C)(C)C)=C1C=CC=C1. The number of allylic oxidation sites excluding steroid dienone is 6. The molecule has 0 aromatic heterocycles. The highest BCUT2D eigenvalue weighted by atomic mass is 28.3. The fourth-order valence-electron chi connectivity index (χ4n) is 1.26. The summed E-state index contributed by atoms with van der Waals surface area (Å²) in [6, 6.07) is 0. The highest BCUT2D eigenvalue weighted by Crippen LogP contribution is 2.12. The summed E-state index contributed by atoms with van der Waals surface area (Å²) in [5, 5.41) is 0. The predicted octanol–water partition coefficient (Wildman–Crippen LogP) is 2.81. The van der Waals surface area contributed by atoms with Gasteiger partial charge in [-0.05, 0) is 12.5 Å². The molecule has 2 heteroatoms. The Balaban J connectivity index is 2.71. The van der Waals surface area contributed by atoms with Gasteiger partial charge < -0.3 is 4.98 Å². The first-order valence-electron chi connectivity index (χ1n) is 4.33. The fraction of sp³-hybridized carbons (Fsp3) is 0.400. The third-order valence-electron chi connectivity index (χ3n) is 1.66. The van der Waals surface area contributed by atoms with Crippen LogP contribution in [0.3, 0.4) is 0 Å². The van der Waals surface area contributed by atoms with Crippen molar-refractivity contribution in [1.29, 1.82) is 0 Å². The zero-order chi connectivity index (χ0) is 9.19. The Morgan fingerprint density at radius 1 is 1.17 bits per heavy atom. The minimum atomic E-state index is -1.16. The van der Waals surface area contributed by atoms with Crippen molar-refractivity contribution in [2.45, 2.75) is 26.6 Å². The minimum Gasteiger partial charge on any atom is -0.414 e. The number of hydrogen-bond acceptors (Lipinski definition) is 1. The fourth-order valence-corrected chi connectivity index (χ4v) is 2.53. The van der Waals surface area contributed by atoms with E-state index >= 15 is 0 Å². The zero-order valence-corrected chi connectivity index (χ0v) is 9.31. The van der Waals surface area contributed by atoms with E-state index in [2.05, 4.69) is 55.9 Å². The molecule has 66 valence electrons. The van der Waals surface area contributed by atoms with Gasteiger partial charge in [0.2, 0.25) is 0 Å². The van der Waals surface area contributed by atoms with Gasteiger partial charge >= 0.3 is 0 Å². The van der Waals surface area contributed by atoms with Gasteiger partial charge in [-0.15, -0.1) is 0 Å². The molecule has 0 aromatic carbocycles. The van der Waals surface area contributed by atoms with Crippen LogP contribution in [0.2, 0.25) is 19.6 Å². The van der Waals surface area contributed by atoms with Crippen molar-refractivity contribution in [2.24, 2.45) is 0 Å². The molecule has 0 fully saturated rings. The second kappa shape index (κ2) is 3.31. The van der Waals surface area contributed by atoms with Gasteiger partial charge in [-0.25, -0.2) is 0 Å². The Labute approximate surface area is 76.0 Å². The summed E-state index contributed by atoms with van der Waals surface area (Å²) in [6.07, 6.45) is 8.43. The van der Waals surface area contributed by atoms with Crippen LogP contribution in [0.25, 0.3) is 0 Å². The highest BCUT2D eigenvalue weighted by molar-refractivity contribution is 6.74. The van der Waals surface area contributed by atoms with E-state index in [1.54, 1.807) is 0 Å². The van der Waals surface area contributed by atoms with E-state index in [0.29, 0.717) is 0 Å². The summed E-state index contributed by atoms with van der Waals surface area (Å²) in [6.45, 7) is 9.06. The van der Waals surface area contributed by atoms with E-state index in [9.17, 15) is 0 Å². The lowest BCUT2D eigenvalue weighted by Gasteiger charge is -2.20. The third kappa shape index (κ3) is 2.70. The van der Waals surface area contributed by atoms with Crippen LogP contribution >= 0.6 is 0 Å². The molecule has 0 unspecified atom stereocenters. The first kappa shape index (κ1) is 9.33. The van der Waals surface area contributed by atoms with Crippen molar-refractivity contribution in [1.82, 2.24) is 4.98 Å². The molecule has 1 aliphatic rings. The van der Waals surface area contributed by atoms with Gasteiger partial charge in [0, 0.05) is 5.70 Å². The number of nitrogens with one attached hydrogen (secondary N) is 1. The molecule has 0 amide bonds. The van der Waals surface area contributed by atoms with Crippen LogP contribution in [0.1, 0.15) is 6.92 Å². The molecule has 0 saturated carbocycles. The maximum absolute atomic E-state index is 3.58. The molecule has 0 aromatic rings. The van der Waals surface area contributed by atoms with Crippen molar-refractivity contribution in [3.63, 3.8) is 0 Å². The van der Waals surface area contributed by atoms with Crippen LogP contribution < -0.4 is 4.98 Å². The quantitative estimate of drug-likeness (QED) is 0.643. The van der Waals surface area contributed by atoms with Crippen molar-refractivity contribution in [3.8, 4) is 0 Å². The Hall–Kier alpha value is -0.763. The largest absolute Gasteiger partial charge is 0.414 e. The Bertz CT molecular complexity index is 240. The molecule has 1 nitrogen and oxygen atoms in total. The topological polar surface area (TPSA) is 12.0 Å². The maximum atomic E-state index is 3.58. The summed E-state index contributed by atoms with van der Waals surface area (Å²) in [5.74, 6) is 0. The molecule has 0 bridgehead atoms. The molecule has 12 heavy (non-hydrogen) atoms. The summed E-state index contributed by atoms with van der Waals surface area (Å²) >= 11 is 0. The van der Waals surface area contributed by atoms with Crippen molar-refractivity contribution >= 4 is 8.24 Å². The molecule has 0 heterocycles. The van der Waals surface area contributed by atoms with Crippen LogP contribution in [0.4, 0.5) is 0 Å². The Morgan fingerprint density at radius 3 is 2.08 bits per heavy atom. The third-order valence-corrected chi connectivity index (χ3v) is 2.78. The monoisotopic (exact) mass is 179 g/mol. The van der Waals surface area contributed by atoms with Gasteiger partial charge in [-0.3, -0.25) is 0 Å². The van der Waals surface area contributed by atoms with Crippen LogP contribution in [0.5, 0.6) is 0 Å². The first-order chi connectivity index (χ1) is 5.49. The van der Waals surface area contributed by atoms with Crippen LogP contribution in [-0.2, 0) is 0 Å². The first-order valence-corrected chi connectivity index (χ1v) is 7.83. The molecule has 0 radical (unpaired) electrons. The van der Waals surface area contributed by atoms with Gasteiger partial charge in [0.1, 0.15) is 8.24 Å². The second-order valence-electron chi connectivity index (χ2n) is 4.17. The maximum Gasteiger partial charge on any atom is 0.143 e. The van der Waals surface area contributed by atoms with Gasteiger partial charge in [-0.1, -0.05) is 43.9 Å². The summed E-state index contributed by atoms with van der Waals surface area (Å²) in [5.41, 5.74) is 2.62. The summed E-state index contributed by atoms with van der Waals surface area (Å²) in [4.78, 5) is 3.58. The highest BCUT2D eigenvalue weighted by Gasteiger charge is 2.13. The predicted molar refractivity (Wildman–Crippen MR) is 57.5 cm³/mol. The summed E-state index contributed by atoms with van der Waals surface area (Å²) in [7, 11) is -1.16. The van der Waals surface area contributed by atoms with Gasteiger partial charge in [-0.2, -0.15) is 0 Å². The molecular weight excluding hydrogens is 162 g/mol. The second-order valence-corrected chi connectivity index (χ2v) is 8.92. The summed E-state index contributed by atoms with van der Waals surface area (Å²) < 4.78 is 0. The number of hydrogen-bond donors (Lipinski definition) is 1. The van der Waals surface area contributed by atoms with Gasteiger partial charge in [0.25, 0.3) is 0 Å².